The maximum atomic E-state index is 11.2. The first-order valence-corrected chi connectivity index (χ1v) is 4.21. The highest BCUT2D eigenvalue weighted by Crippen LogP contribution is 2.07. The molecule has 4 heteroatoms. The second kappa shape index (κ2) is 3.41. The van der Waals surface area contributed by atoms with Crippen molar-refractivity contribution < 1.29 is 9.59 Å². The monoisotopic (exact) mass is 188 g/mol. The first-order valence-electron chi connectivity index (χ1n) is 4.21. The van der Waals surface area contributed by atoms with E-state index >= 15 is 0 Å². The average molecular weight is 188 g/mol. The van der Waals surface area contributed by atoms with Crippen molar-refractivity contribution in [2.24, 2.45) is 5.10 Å². The summed E-state index contributed by atoms with van der Waals surface area (Å²) < 4.78 is 0. The smallest absolute Gasteiger partial charge is 0.282 e. The lowest BCUT2D eigenvalue weighted by molar-refractivity contribution is -0.139. The minimum absolute atomic E-state index is 0.349. The quantitative estimate of drug-likeness (QED) is 0.637. The highest BCUT2D eigenvalue weighted by Gasteiger charge is 2.25. The van der Waals surface area contributed by atoms with Gasteiger partial charge >= 0.3 is 5.91 Å². The SMILES string of the molecule is O=C1C=NN(Cc2ccccc2)C1=O. The molecule has 0 saturated heterocycles. The molecule has 0 spiro atoms. The number of carbonyl (C=O) groups excluding carboxylic acids is 2. The van der Waals surface area contributed by atoms with Gasteiger partial charge in [-0.25, -0.2) is 5.01 Å². The van der Waals surface area contributed by atoms with Gasteiger partial charge in [-0.05, 0) is 5.56 Å². The number of carbonyl (C=O) groups is 2. The molecular formula is C10H8N2O2. The summed E-state index contributed by atoms with van der Waals surface area (Å²) in [6.45, 7) is 0.349. The molecular weight excluding hydrogens is 180 g/mol. The molecule has 70 valence electrons. The van der Waals surface area contributed by atoms with E-state index in [1.807, 2.05) is 30.3 Å². The van der Waals surface area contributed by atoms with E-state index in [4.69, 9.17) is 0 Å². The van der Waals surface area contributed by atoms with Crippen molar-refractivity contribution in [1.82, 2.24) is 5.01 Å². The van der Waals surface area contributed by atoms with Crippen molar-refractivity contribution in [2.75, 3.05) is 0 Å². The van der Waals surface area contributed by atoms with Crippen LogP contribution < -0.4 is 0 Å². The van der Waals surface area contributed by atoms with Crippen LogP contribution in [0.25, 0.3) is 0 Å². The van der Waals surface area contributed by atoms with Crippen molar-refractivity contribution in [1.29, 1.82) is 0 Å². The number of ketones is 1. The number of Topliss-reactive ketones (excluding diaryl/α,β-unsaturated/α-hetero) is 1. The van der Waals surface area contributed by atoms with Crippen molar-refractivity contribution in [3.63, 3.8) is 0 Å². The van der Waals surface area contributed by atoms with Gasteiger partial charge in [0.1, 0.15) is 6.21 Å². The van der Waals surface area contributed by atoms with Gasteiger partial charge in [0.05, 0.1) is 6.54 Å². The molecule has 1 amide bonds. The zero-order chi connectivity index (χ0) is 9.97. The summed E-state index contributed by atoms with van der Waals surface area (Å²) in [5.74, 6) is -1.12. The Hall–Kier alpha value is -1.97. The molecule has 0 aromatic heterocycles. The molecule has 0 atom stereocenters. The van der Waals surface area contributed by atoms with Gasteiger partial charge < -0.3 is 0 Å². The van der Waals surface area contributed by atoms with Crippen LogP contribution in [0.15, 0.2) is 35.4 Å². The third kappa shape index (κ3) is 1.54. The van der Waals surface area contributed by atoms with Gasteiger partial charge in [0.15, 0.2) is 0 Å². The Morgan fingerprint density at radius 1 is 1.14 bits per heavy atom. The molecule has 0 N–H and O–H groups in total. The molecule has 2 rings (SSSR count). The van der Waals surface area contributed by atoms with Gasteiger partial charge in [0, 0.05) is 0 Å². The molecule has 1 aliphatic heterocycles. The van der Waals surface area contributed by atoms with Gasteiger partial charge in [-0.3, -0.25) is 9.59 Å². The van der Waals surface area contributed by atoms with E-state index in [9.17, 15) is 9.59 Å². The first-order chi connectivity index (χ1) is 6.77. The lowest BCUT2D eigenvalue weighted by atomic mass is 10.2. The van der Waals surface area contributed by atoms with Crippen LogP contribution in [0, 0.1) is 0 Å². The Labute approximate surface area is 80.8 Å². The largest absolute Gasteiger partial charge is 0.316 e. The molecule has 0 fully saturated rings. The van der Waals surface area contributed by atoms with E-state index in [-0.39, 0.29) is 0 Å². The average Bonchev–Trinajstić information content (AvgIpc) is 2.52. The van der Waals surface area contributed by atoms with Crippen LogP contribution in [0.1, 0.15) is 5.56 Å². The second-order valence-corrected chi connectivity index (χ2v) is 2.96. The van der Waals surface area contributed by atoms with Crippen LogP contribution in [0.2, 0.25) is 0 Å². The van der Waals surface area contributed by atoms with Crippen LogP contribution in [-0.4, -0.2) is 22.9 Å². The van der Waals surface area contributed by atoms with Crippen LogP contribution in [0.3, 0.4) is 0 Å². The molecule has 0 bridgehead atoms. The lowest BCUT2D eigenvalue weighted by Crippen LogP contribution is -2.25. The third-order valence-electron chi connectivity index (χ3n) is 1.93. The Balaban J connectivity index is 2.10. The summed E-state index contributed by atoms with van der Waals surface area (Å²) in [5.41, 5.74) is 0.952. The number of hydrogen-bond donors (Lipinski definition) is 0. The number of hydrazone groups is 1. The van der Waals surface area contributed by atoms with E-state index in [0.29, 0.717) is 6.54 Å². The number of rotatable bonds is 2. The van der Waals surface area contributed by atoms with Crippen molar-refractivity contribution in [3.8, 4) is 0 Å². The minimum atomic E-state index is -0.561. The maximum absolute atomic E-state index is 11.2. The highest BCUT2D eigenvalue weighted by molar-refractivity contribution is 6.60. The molecule has 0 radical (unpaired) electrons. The van der Waals surface area contributed by atoms with Crippen molar-refractivity contribution in [2.45, 2.75) is 6.54 Å². The van der Waals surface area contributed by atoms with E-state index in [2.05, 4.69) is 5.10 Å². The Morgan fingerprint density at radius 2 is 1.86 bits per heavy atom. The zero-order valence-corrected chi connectivity index (χ0v) is 7.38. The first kappa shape index (κ1) is 8.62. The van der Waals surface area contributed by atoms with Crippen LogP contribution >= 0.6 is 0 Å². The van der Waals surface area contributed by atoms with E-state index in [1.54, 1.807) is 0 Å². The van der Waals surface area contributed by atoms with Gasteiger partial charge in [0.2, 0.25) is 0 Å². The topological polar surface area (TPSA) is 49.7 Å². The van der Waals surface area contributed by atoms with Crippen LogP contribution in [0.4, 0.5) is 0 Å². The fourth-order valence-corrected chi connectivity index (χ4v) is 1.23. The predicted molar refractivity (Wildman–Crippen MR) is 50.5 cm³/mol. The maximum Gasteiger partial charge on any atom is 0.316 e. The summed E-state index contributed by atoms with van der Waals surface area (Å²) in [6.07, 6.45) is 1.05. The number of nitrogens with zero attached hydrogens (tertiary/aromatic N) is 2. The van der Waals surface area contributed by atoms with Crippen LogP contribution in [0.5, 0.6) is 0 Å². The number of benzene rings is 1. The Kier molecular flexibility index (Phi) is 2.10. The molecule has 0 unspecified atom stereocenters. The summed E-state index contributed by atoms with van der Waals surface area (Å²) in [5, 5.41) is 4.87. The van der Waals surface area contributed by atoms with Gasteiger partial charge in [-0.1, -0.05) is 30.3 Å². The van der Waals surface area contributed by atoms with Crippen molar-refractivity contribution in [3.05, 3.63) is 35.9 Å². The van der Waals surface area contributed by atoms with Crippen LogP contribution in [-0.2, 0) is 16.1 Å². The second-order valence-electron chi connectivity index (χ2n) is 2.96. The molecule has 1 heterocycles. The predicted octanol–water partition coefficient (Wildman–Crippen LogP) is 0.584. The summed E-state index contributed by atoms with van der Waals surface area (Å²) in [7, 11) is 0. The van der Waals surface area contributed by atoms with Gasteiger partial charge in [-0.2, -0.15) is 5.10 Å². The molecule has 1 aromatic rings. The van der Waals surface area contributed by atoms with Crippen molar-refractivity contribution >= 4 is 17.9 Å². The molecule has 0 saturated carbocycles. The summed E-state index contributed by atoms with van der Waals surface area (Å²) in [4.78, 5) is 22.0. The molecule has 1 aliphatic rings. The molecule has 1 aromatic carbocycles. The van der Waals surface area contributed by atoms with Gasteiger partial charge in [-0.15, -0.1) is 0 Å². The van der Waals surface area contributed by atoms with Gasteiger partial charge in [0.25, 0.3) is 5.78 Å². The number of hydrogen-bond acceptors (Lipinski definition) is 3. The fraction of sp³-hybridized carbons (Fsp3) is 0.100. The standard InChI is InChI=1S/C10H8N2O2/c13-9-6-11-12(10(9)14)7-8-4-2-1-3-5-8/h1-6H,7H2. The zero-order valence-electron chi connectivity index (χ0n) is 7.38. The molecule has 4 nitrogen and oxygen atoms in total. The highest BCUT2D eigenvalue weighted by atomic mass is 16.2. The minimum Gasteiger partial charge on any atom is -0.282 e. The fourth-order valence-electron chi connectivity index (χ4n) is 1.23. The third-order valence-corrected chi connectivity index (χ3v) is 1.93. The molecule has 14 heavy (non-hydrogen) atoms. The molecule has 0 aliphatic carbocycles. The van der Waals surface area contributed by atoms with E-state index in [0.717, 1.165) is 16.8 Å². The number of amides is 1. The normalized spacial score (nSPS) is 15.3. The van der Waals surface area contributed by atoms with E-state index in [1.165, 1.54) is 0 Å². The summed E-state index contributed by atoms with van der Waals surface area (Å²) in [6, 6.07) is 9.41. The Morgan fingerprint density at radius 3 is 2.43 bits per heavy atom. The Bertz CT molecular complexity index is 398. The summed E-state index contributed by atoms with van der Waals surface area (Å²) >= 11 is 0. The van der Waals surface area contributed by atoms with E-state index < -0.39 is 11.7 Å². The lowest BCUT2D eigenvalue weighted by Gasteiger charge is -2.09.